The fourth-order valence-electron chi connectivity index (χ4n) is 5.10. The van der Waals surface area contributed by atoms with E-state index in [-0.39, 0.29) is 5.91 Å². The van der Waals surface area contributed by atoms with Crippen molar-refractivity contribution in [3.63, 3.8) is 0 Å². The molecule has 2 aromatic rings. The average Bonchev–Trinajstić information content (AvgIpc) is 3.51. The molecular formula is C24H28N2OS. The number of benzene rings is 1. The number of likely N-dealkylation sites (tertiary alicyclic amines) is 2. The molecule has 0 spiro atoms. The van der Waals surface area contributed by atoms with Gasteiger partial charge in [-0.3, -0.25) is 4.79 Å². The second-order valence-electron chi connectivity index (χ2n) is 8.44. The van der Waals surface area contributed by atoms with Crippen LogP contribution in [0.1, 0.15) is 40.1 Å². The molecule has 3 aliphatic rings. The van der Waals surface area contributed by atoms with Gasteiger partial charge in [-0.05, 0) is 72.8 Å². The van der Waals surface area contributed by atoms with E-state index in [4.69, 9.17) is 0 Å². The van der Waals surface area contributed by atoms with E-state index < -0.39 is 0 Å². The monoisotopic (exact) mass is 392 g/mol. The molecule has 1 amide bonds. The van der Waals surface area contributed by atoms with Gasteiger partial charge in [0, 0.05) is 25.6 Å². The summed E-state index contributed by atoms with van der Waals surface area (Å²) in [6, 6.07) is 13.1. The Balaban J connectivity index is 1.22. The molecule has 5 rings (SSSR count). The van der Waals surface area contributed by atoms with E-state index in [1.807, 2.05) is 17.5 Å². The lowest BCUT2D eigenvalue weighted by molar-refractivity contribution is 0.0790. The molecule has 2 unspecified atom stereocenters. The lowest BCUT2D eigenvalue weighted by atomic mass is 9.90. The molecule has 2 aliphatic heterocycles. The zero-order valence-corrected chi connectivity index (χ0v) is 17.2. The second kappa shape index (κ2) is 7.84. The second-order valence-corrected chi connectivity index (χ2v) is 9.39. The first-order chi connectivity index (χ1) is 13.8. The quantitative estimate of drug-likeness (QED) is 0.745. The summed E-state index contributed by atoms with van der Waals surface area (Å²) in [5.41, 5.74) is 4.24. The van der Waals surface area contributed by atoms with Crippen molar-refractivity contribution < 1.29 is 4.79 Å². The van der Waals surface area contributed by atoms with Gasteiger partial charge in [-0.1, -0.05) is 36.4 Å². The summed E-state index contributed by atoms with van der Waals surface area (Å²) in [5, 5.41) is 1.99. The normalized spacial score (nSPS) is 24.6. The van der Waals surface area contributed by atoms with Gasteiger partial charge in [0.2, 0.25) is 0 Å². The molecule has 28 heavy (non-hydrogen) atoms. The molecule has 2 saturated heterocycles. The average molecular weight is 393 g/mol. The van der Waals surface area contributed by atoms with Crippen LogP contribution in [0, 0.1) is 11.8 Å². The predicted molar refractivity (Wildman–Crippen MR) is 116 cm³/mol. The van der Waals surface area contributed by atoms with E-state index in [1.54, 1.807) is 11.3 Å². The van der Waals surface area contributed by atoms with Gasteiger partial charge in [0.1, 0.15) is 0 Å². The molecule has 3 heterocycles. The lowest BCUT2D eigenvalue weighted by Gasteiger charge is -2.17. The molecule has 2 atom stereocenters. The summed E-state index contributed by atoms with van der Waals surface area (Å²) in [5.74, 6) is 1.30. The summed E-state index contributed by atoms with van der Waals surface area (Å²) in [4.78, 5) is 18.2. The van der Waals surface area contributed by atoms with Crippen LogP contribution < -0.4 is 0 Å². The first kappa shape index (κ1) is 18.1. The molecule has 1 aromatic carbocycles. The highest BCUT2D eigenvalue weighted by Crippen LogP contribution is 2.43. The van der Waals surface area contributed by atoms with Crippen molar-refractivity contribution in [1.82, 2.24) is 9.80 Å². The summed E-state index contributed by atoms with van der Waals surface area (Å²) in [6.07, 6.45) is 7.39. The highest BCUT2D eigenvalue weighted by atomic mass is 32.1. The predicted octanol–water partition coefficient (Wildman–Crippen LogP) is 4.56. The molecule has 0 bridgehead atoms. The van der Waals surface area contributed by atoms with E-state index >= 15 is 0 Å². The topological polar surface area (TPSA) is 23.6 Å². The zero-order valence-electron chi connectivity index (χ0n) is 16.3. The zero-order chi connectivity index (χ0) is 18.9. The van der Waals surface area contributed by atoms with Gasteiger partial charge >= 0.3 is 0 Å². The van der Waals surface area contributed by atoms with Crippen molar-refractivity contribution >= 4 is 22.8 Å². The first-order valence-electron chi connectivity index (χ1n) is 10.6. The van der Waals surface area contributed by atoms with E-state index in [1.165, 1.54) is 49.2 Å². The van der Waals surface area contributed by atoms with Crippen molar-refractivity contribution in [2.45, 2.75) is 25.7 Å². The van der Waals surface area contributed by atoms with E-state index in [2.05, 4.69) is 40.1 Å². The molecule has 0 N–H and O–H groups in total. The third-order valence-corrected chi connectivity index (χ3v) is 7.56. The maximum Gasteiger partial charge on any atom is 0.263 e. The Morgan fingerprint density at radius 2 is 1.89 bits per heavy atom. The number of amides is 1. The highest BCUT2D eigenvalue weighted by molar-refractivity contribution is 7.12. The Hall–Kier alpha value is -1.91. The molecule has 4 heteroatoms. The number of carbonyl (C=O) groups excluding carboxylic acids is 1. The summed E-state index contributed by atoms with van der Waals surface area (Å²) < 4.78 is 0. The van der Waals surface area contributed by atoms with Crippen LogP contribution in [0.4, 0.5) is 0 Å². The maximum atomic E-state index is 12.7. The standard InChI is InChI=1S/C24H28N2OS/c27-24(23-4-3-15-28-23)26-16-20-9-10-21(22(20)17-26)19-7-5-18(6-8-19)11-14-25-12-1-2-13-25/h3-8,10,15,20,22H,1-2,9,11-14,16-17H2. The summed E-state index contributed by atoms with van der Waals surface area (Å²) in [7, 11) is 0. The number of hydrogen-bond acceptors (Lipinski definition) is 3. The molecule has 2 fully saturated rings. The van der Waals surface area contributed by atoms with Crippen LogP contribution in [0.15, 0.2) is 47.9 Å². The minimum atomic E-state index is 0.209. The van der Waals surface area contributed by atoms with Crippen molar-refractivity contribution in [3.8, 4) is 0 Å². The third kappa shape index (κ3) is 3.56. The Morgan fingerprint density at radius 3 is 2.64 bits per heavy atom. The lowest BCUT2D eigenvalue weighted by Crippen LogP contribution is -2.28. The van der Waals surface area contributed by atoms with Gasteiger partial charge in [-0.15, -0.1) is 11.3 Å². The Morgan fingerprint density at radius 1 is 1.07 bits per heavy atom. The Bertz CT molecular complexity index is 849. The van der Waals surface area contributed by atoms with E-state index in [0.29, 0.717) is 11.8 Å². The third-order valence-electron chi connectivity index (χ3n) is 6.70. The van der Waals surface area contributed by atoms with Crippen LogP contribution in [-0.2, 0) is 6.42 Å². The van der Waals surface area contributed by atoms with Crippen LogP contribution in [0.3, 0.4) is 0 Å². The molecule has 3 nitrogen and oxygen atoms in total. The fraction of sp³-hybridized carbons (Fsp3) is 0.458. The molecule has 146 valence electrons. The minimum absolute atomic E-state index is 0.209. The molecule has 0 radical (unpaired) electrons. The van der Waals surface area contributed by atoms with Crippen molar-refractivity contribution in [2.24, 2.45) is 11.8 Å². The summed E-state index contributed by atoms with van der Waals surface area (Å²) in [6.45, 7) is 5.50. The molecule has 1 aliphatic carbocycles. The van der Waals surface area contributed by atoms with Gasteiger partial charge < -0.3 is 9.80 Å². The van der Waals surface area contributed by atoms with Crippen molar-refractivity contribution in [1.29, 1.82) is 0 Å². The van der Waals surface area contributed by atoms with Crippen LogP contribution in [0.5, 0.6) is 0 Å². The van der Waals surface area contributed by atoms with E-state index in [0.717, 1.165) is 30.8 Å². The van der Waals surface area contributed by atoms with Crippen LogP contribution in [0.25, 0.3) is 5.57 Å². The Kier molecular flexibility index (Phi) is 5.08. The van der Waals surface area contributed by atoms with Crippen LogP contribution >= 0.6 is 11.3 Å². The van der Waals surface area contributed by atoms with Crippen molar-refractivity contribution in [2.75, 3.05) is 32.7 Å². The smallest absolute Gasteiger partial charge is 0.263 e. The molecule has 0 saturated carbocycles. The Labute approximate surface area is 171 Å². The first-order valence-corrected chi connectivity index (χ1v) is 11.5. The van der Waals surface area contributed by atoms with E-state index in [9.17, 15) is 4.79 Å². The number of thiophene rings is 1. The van der Waals surface area contributed by atoms with Crippen LogP contribution in [0.2, 0.25) is 0 Å². The number of carbonyl (C=O) groups is 1. The number of hydrogen-bond donors (Lipinski definition) is 0. The van der Waals surface area contributed by atoms with Gasteiger partial charge in [-0.2, -0.15) is 0 Å². The minimum Gasteiger partial charge on any atom is -0.337 e. The van der Waals surface area contributed by atoms with Crippen molar-refractivity contribution in [3.05, 3.63) is 63.9 Å². The van der Waals surface area contributed by atoms with Gasteiger partial charge in [0.05, 0.1) is 4.88 Å². The number of fused-ring (bicyclic) bond motifs is 1. The largest absolute Gasteiger partial charge is 0.337 e. The fourth-order valence-corrected chi connectivity index (χ4v) is 5.79. The summed E-state index contributed by atoms with van der Waals surface area (Å²) >= 11 is 1.55. The van der Waals surface area contributed by atoms with Gasteiger partial charge in [0.25, 0.3) is 5.91 Å². The van der Waals surface area contributed by atoms with Gasteiger partial charge in [-0.25, -0.2) is 0 Å². The maximum absolute atomic E-state index is 12.7. The number of rotatable bonds is 5. The number of allylic oxidation sites excluding steroid dienone is 1. The van der Waals surface area contributed by atoms with Gasteiger partial charge in [0.15, 0.2) is 0 Å². The SMILES string of the molecule is O=C(c1cccs1)N1CC2CC=C(c3ccc(CCN4CCCC4)cc3)C2C1. The molecule has 1 aromatic heterocycles. The molecular weight excluding hydrogens is 364 g/mol. The van der Waals surface area contributed by atoms with Crippen LogP contribution in [-0.4, -0.2) is 48.4 Å². The highest BCUT2D eigenvalue weighted by Gasteiger charge is 2.40. The number of nitrogens with zero attached hydrogens (tertiary/aromatic N) is 2.